The van der Waals surface area contributed by atoms with Crippen LogP contribution in [0, 0.1) is 0 Å². The molecule has 0 unspecified atom stereocenters. The fourth-order valence-electron chi connectivity index (χ4n) is 2.11. The van der Waals surface area contributed by atoms with Crippen LogP contribution >= 0.6 is 0 Å². The Balaban J connectivity index is 2.48. The predicted octanol–water partition coefficient (Wildman–Crippen LogP) is 2.52. The highest BCUT2D eigenvalue weighted by molar-refractivity contribution is 5.34. The standard InChI is InChI=1S/C15H16O2/c1-15(16,17)14(12-8-4-2-5-9-12)13-10-6-3-7-11-13/h2-11,14,16-17H,1H3. The lowest BCUT2D eigenvalue weighted by molar-refractivity contribution is -0.155. The summed E-state index contributed by atoms with van der Waals surface area (Å²) < 4.78 is 0. The van der Waals surface area contributed by atoms with Crippen LogP contribution in [0.5, 0.6) is 0 Å². The maximum Gasteiger partial charge on any atom is 0.170 e. The molecule has 0 spiro atoms. The van der Waals surface area contributed by atoms with Crippen LogP contribution in [0.2, 0.25) is 0 Å². The highest BCUT2D eigenvalue weighted by Gasteiger charge is 2.31. The van der Waals surface area contributed by atoms with Crippen LogP contribution < -0.4 is 0 Å². The van der Waals surface area contributed by atoms with E-state index >= 15 is 0 Å². The summed E-state index contributed by atoms with van der Waals surface area (Å²) in [4.78, 5) is 0. The molecule has 88 valence electrons. The van der Waals surface area contributed by atoms with Crippen molar-refractivity contribution in [3.8, 4) is 0 Å². The van der Waals surface area contributed by atoms with E-state index in [4.69, 9.17) is 0 Å². The summed E-state index contributed by atoms with van der Waals surface area (Å²) in [5.41, 5.74) is 1.79. The maximum atomic E-state index is 9.94. The average molecular weight is 228 g/mol. The molecule has 2 aromatic rings. The van der Waals surface area contributed by atoms with Gasteiger partial charge in [0, 0.05) is 0 Å². The van der Waals surface area contributed by atoms with Crippen LogP contribution in [-0.4, -0.2) is 16.0 Å². The first-order valence-electron chi connectivity index (χ1n) is 5.63. The van der Waals surface area contributed by atoms with Crippen molar-refractivity contribution >= 4 is 0 Å². The van der Waals surface area contributed by atoms with Gasteiger partial charge >= 0.3 is 0 Å². The molecule has 2 aromatic carbocycles. The molecular weight excluding hydrogens is 212 g/mol. The first kappa shape index (κ1) is 11.8. The molecule has 0 aliphatic heterocycles. The van der Waals surface area contributed by atoms with Gasteiger partial charge in [-0.2, -0.15) is 0 Å². The molecule has 0 amide bonds. The highest BCUT2D eigenvalue weighted by atomic mass is 16.5. The van der Waals surface area contributed by atoms with E-state index in [0.717, 1.165) is 11.1 Å². The quantitative estimate of drug-likeness (QED) is 0.792. The van der Waals surface area contributed by atoms with E-state index in [1.807, 2.05) is 60.7 Å². The third-order valence-electron chi connectivity index (χ3n) is 2.81. The maximum absolute atomic E-state index is 9.94. The zero-order valence-electron chi connectivity index (χ0n) is 9.75. The van der Waals surface area contributed by atoms with Gasteiger partial charge in [-0.1, -0.05) is 60.7 Å². The van der Waals surface area contributed by atoms with Crippen LogP contribution in [-0.2, 0) is 0 Å². The minimum atomic E-state index is -1.78. The Labute approximate surface area is 101 Å². The zero-order chi connectivity index (χ0) is 12.3. The molecule has 0 saturated heterocycles. The lowest BCUT2D eigenvalue weighted by Crippen LogP contribution is -2.33. The van der Waals surface area contributed by atoms with E-state index in [9.17, 15) is 10.2 Å². The Kier molecular flexibility index (Phi) is 3.27. The summed E-state index contributed by atoms with van der Waals surface area (Å²) in [6.45, 7) is 1.41. The molecule has 0 saturated carbocycles. The fraction of sp³-hybridized carbons (Fsp3) is 0.200. The number of rotatable bonds is 3. The van der Waals surface area contributed by atoms with E-state index in [1.54, 1.807) is 0 Å². The lowest BCUT2D eigenvalue weighted by atomic mass is 9.85. The molecule has 0 aliphatic rings. The number of aliphatic hydroxyl groups is 2. The van der Waals surface area contributed by atoms with Gasteiger partial charge in [0.15, 0.2) is 5.79 Å². The number of hydrogen-bond donors (Lipinski definition) is 2. The fourth-order valence-corrected chi connectivity index (χ4v) is 2.11. The highest BCUT2D eigenvalue weighted by Crippen LogP contribution is 2.32. The Bertz CT molecular complexity index is 418. The molecule has 2 nitrogen and oxygen atoms in total. The first-order valence-corrected chi connectivity index (χ1v) is 5.63. The minimum absolute atomic E-state index is 0.440. The van der Waals surface area contributed by atoms with Crippen LogP contribution in [0.1, 0.15) is 24.0 Å². The van der Waals surface area contributed by atoms with E-state index in [-0.39, 0.29) is 0 Å². The van der Waals surface area contributed by atoms with E-state index < -0.39 is 11.7 Å². The van der Waals surface area contributed by atoms with Gasteiger partial charge in [0.25, 0.3) is 0 Å². The van der Waals surface area contributed by atoms with Crippen molar-refractivity contribution in [3.63, 3.8) is 0 Å². The Morgan fingerprint density at radius 1 is 0.765 bits per heavy atom. The van der Waals surface area contributed by atoms with Gasteiger partial charge in [-0.25, -0.2) is 0 Å². The smallest absolute Gasteiger partial charge is 0.170 e. The van der Waals surface area contributed by atoms with E-state index in [1.165, 1.54) is 6.92 Å². The lowest BCUT2D eigenvalue weighted by Gasteiger charge is -2.28. The van der Waals surface area contributed by atoms with E-state index in [2.05, 4.69) is 0 Å². The normalized spacial score (nSPS) is 11.8. The number of benzene rings is 2. The minimum Gasteiger partial charge on any atom is -0.365 e. The molecule has 2 N–H and O–H groups in total. The Morgan fingerprint density at radius 3 is 1.41 bits per heavy atom. The van der Waals surface area contributed by atoms with Gasteiger partial charge < -0.3 is 10.2 Å². The van der Waals surface area contributed by atoms with Crippen molar-refractivity contribution in [1.29, 1.82) is 0 Å². The third kappa shape index (κ3) is 2.73. The molecule has 2 heteroatoms. The van der Waals surface area contributed by atoms with E-state index in [0.29, 0.717) is 0 Å². The second-order valence-electron chi connectivity index (χ2n) is 4.35. The predicted molar refractivity (Wildman–Crippen MR) is 67.6 cm³/mol. The van der Waals surface area contributed by atoms with Crippen LogP contribution in [0.25, 0.3) is 0 Å². The van der Waals surface area contributed by atoms with Gasteiger partial charge in [0.1, 0.15) is 0 Å². The van der Waals surface area contributed by atoms with Gasteiger partial charge in [-0.15, -0.1) is 0 Å². The van der Waals surface area contributed by atoms with Crippen LogP contribution in [0.3, 0.4) is 0 Å². The van der Waals surface area contributed by atoms with Gasteiger partial charge in [-0.3, -0.25) is 0 Å². The molecular formula is C15H16O2. The molecule has 0 fully saturated rings. The molecule has 0 bridgehead atoms. The monoisotopic (exact) mass is 228 g/mol. The molecule has 0 heterocycles. The topological polar surface area (TPSA) is 40.5 Å². The van der Waals surface area contributed by atoms with Crippen molar-refractivity contribution < 1.29 is 10.2 Å². The second-order valence-corrected chi connectivity index (χ2v) is 4.35. The average Bonchev–Trinajstić information content (AvgIpc) is 2.30. The van der Waals surface area contributed by atoms with Crippen molar-refractivity contribution in [1.82, 2.24) is 0 Å². The number of hydrogen-bond acceptors (Lipinski definition) is 2. The first-order chi connectivity index (χ1) is 8.09. The summed E-state index contributed by atoms with van der Waals surface area (Å²) in [7, 11) is 0. The van der Waals surface area contributed by atoms with Gasteiger partial charge in [0.2, 0.25) is 0 Å². The van der Waals surface area contributed by atoms with Gasteiger partial charge in [0.05, 0.1) is 5.92 Å². The summed E-state index contributed by atoms with van der Waals surface area (Å²) in [6, 6.07) is 19.0. The van der Waals surface area contributed by atoms with Crippen LogP contribution in [0.4, 0.5) is 0 Å². The SMILES string of the molecule is CC(O)(O)C(c1ccccc1)c1ccccc1. The van der Waals surface area contributed by atoms with Crippen molar-refractivity contribution in [2.24, 2.45) is 0 Å². The second kappa shape index (κ2) is 4.70. The summed E-state index contributed by atoms with van der Waals surface area (Å²) in [6.07, 6.45) is 0. The molecule has 0 radical (unpaired) electrons. The summed E-state index contributed by atoms with van der Waals surface area (Å²) in [5, 5.41) is 19.9. The molecule has 17 heavy (non-hydrogen) atoms. The van der Waals surface area contributed by atoms with Crippen molar-refractivity contribution in [2.75, 3.05) is 0 Å². The van der Waals surface area contributed by atoms with Crippen LogP contribution in [0.15, 0.2) is 60.7 Å². The Hall–Kier alpha value is -1.64. The van der Waals surface area contributed by atoms with Crippen molar-refractivity contribution in [2.45, 2.75) is 18.6 Å². The zero-order valence-corrected chi connectivity index (χ0v) is 9.75. The largest absolute Gasteiger partial charge is 0.365 e. The van der Waals surface area contributed by atoms with Crippen molar-refractivity contribution in [3.05, 3.63) is 71.8 Å². The molecule has 0 aromatic heterocycles. The molecule has 0 aliphatic carbocycles. The summed E-state index contributed by atoms with van der Waals surface area (Å²) in [5.74, 6) is -2.22. The van der Waals surface area contributed by atoms with Gasteiger partial charge in [-0.05, 0) is 18.1 Å². The third-order valence-corrected chi connectivity index (χ3v) is 2.81. The summed E-state index contributed by atoms with van der Waals surface area (Å²) >= 11 is 0. The molecule has 0 atom stereocenters. The Morgan fingerprint density at radius 2 is 1.12 bits per heavy atom. The molecule has 2 rings (SSSR count).